The van der Waals surface area contributed by atoms with Crippen LogP contribution in [0.1, 0.15) is 12.5 Å². The van der Waals surface area contributed by atoms with Gasteiger partial charge < -0.3 is 9.64 Å². The van der Waals surface area contributed by atoms with E-state index in [-0.39, 0.29) is 23.5 Å². The third-order valence-corrected chi connectivity index (χ3v) is 5.18. The van der Waals surface area contributed by atoms with E-state index in [0.29, 0.717) is 5.75 Å². The number of hydrogen-bond donors (Lipinski definition) is 0. The lowest BCUT2D eigenvalue weighted by atomic mass is 10.1. The average molecular weight is 345 g/mol. The summed E-state index contributed by atoms with van der Waals surface area (Å²) in [7, 11) is -3.30. The van der Waals surface area contributed by atoms with Crippen LogP contribution in [-0.4, -0.2) is 33.2 Å². The van der Waals surface area contributed by atoms with Gasteiger partial charge in [-0.3, -0.25) is 4.79 Å². The lowest BCUT2D eigenvalue weighted by Gasteiger charge is -2.22. The van der Waals surface area contributed by atoms with Crippen LogP contribution < -0.4 is 9.64 Å². The van der Waals surface area contributed by atoms with Crippen molar-refractivity contribution >= 4 is 21.4 Å². The van der Waals surface area contributed by atoms with Gasteiger partial charge in [0.2, 0.25) is 0 Å². The highest BCUT2D eigenvalue weighted by molar-refractivity contribution is 7.90. The van der Waals surface area contributed by atoms with E-state index in [0.717, 1.165) is 23.9 Å². The number of carbonyl (C=O) groups excluding carboxylic acids is 1. The van der Waals surface area contributed by atoms with E-state index in [1.807, 2.05) is 31.2 Å². The number of ether oxygens (including phenoxy) is 1. The molecular weight excluding hydrogens is 326 g/mol. The van der Waals surface area contributed by atoms with Crippen LogP contribution in [0.3, 0.4) is 0 Å². The van der Waals surface area contributed by atoms with E-state index < -0.39 is 9.84 Å². The molecule has 0 bridgehead atoms. The van der Waals surface area contributed by atoms with Crippen molar-refractivity contribution in [2.75, 3.05) is 17.8 Å². The summed E-state index contributed by atoms with van der Waals surface area (Å²) >= 11 is 0. The monoisotopic (exact) mass is 345 g/mol. The maximum Gasteiger partial charge on any atom is 0.265 e. The molecule has 0 aliphatic carbocycles. The maximum atomic E-state index is 12.6. The maximum absolute atomic E-state index is 12.6. The Morgan fingerprint density at radius 1 is 1.21 bits per heavy atom. The zero-order valence-electron chi connectivity index (χ0n) is 13.6. The van der Waals surface area contributed by atoms with E-state index in [1.54, 1.807) is 17.0 Å². The van der Waals surface area contributed by atoms with Crippen LogP contribution in [-0.2, 0) is 21.1 Å². The number of para-hydroxylation sites is 1. The van der Waals surface area contributed by atoms with Crippen molar-refractivity contribution in [3.63, 3.8) is 0 Å². The molecule has 24 heavy (non-hydrogen) atoms. The molecule has 126 valence electrons. The number of rotatable bonds is 4. The van der Waals surface area contributed by atoms with Gasteiger partial charge in [-0.1, -0.05) is 24.3 Å². The smallest absolute Gasteiger partial charge is 0.265 e. The Morgan fingerprint density at radius 3 is 2.71 bits per heavy atom. The fourth-order valence-corrected chi connectivity index (χ4v) is 3.61. The molecule has 0 fully saturated rings. The Labute approximate surface area is 141 Å². The average Bonchev–Trinajstić information content (AvgIpc) is 2.88. The molecule has 1 aliphatic heterocycles. The molecule has 6 heteroatoms. The van der Waals surface area contributed by atoms with Gasteiger partial charge >= 0.3 is 0 Å². The molecule has 1 atom stereocenters. The van der Waals surface area contributed by atoms with Crippen LogP contribution >= 0.6 is 0 Å². The quantitative estimate of drug-likeness (QED) is 0.854. The number of anilines is 1. The second-order valence-electron chi connectivity index (χ2n) is 5.98. The van der Waals surface area contributed by atoms with Crippen LogP contribution in [0, 0.1) is 0 Å². The first-order valence-electron chi connectivity index (χ1n) is 7.69. The molecule has 3 rings (SSSR count). The molecule has 0 saturated carbocycles. The number of amides is 1. The Balaban J connectivity index is 1.73. The fourth-order valence-electron chi connectivity index (χ4n) is 2.95. The second-order valence-corrected chi connectivity index (χ2v) is 8.00. The molecule has 2 aromatic rings. The summed E-state index contributed by atoms with van der Waals surface area (Å²) in [6, 6.07) is 14.1. The highest BCUT2D eigenvalue weighted by Gasteiger charge is 2.30. The molecule has 0 radical (unpaired) electrons. The number of carbonyl (C=O) groups is 1. The number of sulfone groups is 1. The van der Waals surface area contributed by atoms with Crippen LogP contribution in [0.2, 0.25) is 0 Å². The zero-order chi connectivity index (χ0) is 17.3. The standard InChI is InChI=1S/C18H19NO4S/c1-13-10-14-6-3-4-9-17(14)19(13)18(20)12-23-15-7-5-8-16(11-15)24(2,21)22/h3-9,11,13H,10,12H2,1-2H3. The molecule has 0 N–H and O–H groups in total. The minimum absolute atomic E-state index is 0.0841. The minimum Gasteiger partial charge on any atom is -0.484 e. The van der Waals surface area contributed by atoms with Crippen LogP contribution in [0.15, 0.2) is 53.4 Å². The molecule has 1 amide bonds. The number of fused-ring (bicyclic) bond motifs is 1. The van der Waals surface area contributed by atoms with E-state index in [1.165, 1.54) is 12.1 Å². The predicted octanol–water partition coefficient (Wildman–Crippen LogP) is 2.45. The first-order valence-corrected chi connectivity index (χ1v) is 9.58. The van der Waals surface area contributed by atoms with Gasteiger partial charge in [0.1, 0.15) is 5.75 Å². The Hall–Kier alpha value is -2.34. The van der Waals surface area contributed by atoms with Gasteiger partial charge in [0.05, 0.1) is 4.90 Å². The lowest BCUT2D eigenvalue weighted by Crippen LogP contribution is -2.39. The van der Waals surface area contributed by atoms with E-state index in [4.69, 9.17) is 4.74 Å². The third kappa shape index (κ3) is 3.28. The Kier molecular flexibility index (Phi) is 4.32. The summed E-state index contributed by atoms with van der Waals surface area (Å²) in [6.07, 6.45) is 1.96. The van der Waals surface area contributed by atoms with E-state index in [9.17, 15) is 13.2 Å². The highest BCUT2D eigenvalue weighted by Crippen LogP contribution is 2.31. The molecular formula is C18H19NO4S. The van der Waals surface area contributed by atoms with Crippen molar-refractivity contribution < 1.29 is 17.9 Å². The van der Waals surface area contributed by atoms with Crippen LogP contribution in [0.5, 0.6) is 5.75 Å². The highest BCUT2D eigenvalue weighted by atomic mass is 32.2. The van der Waals surface area contributed by atoms with Gasteiger partial charge in [0.25, 0.3) is 5.91 Å². The van der Waals surface area contributed by atoms with Crippen molar-refractivity contribution in [2.24, 2.45) is 0 Å². The lowest BCUT2D eigenvalue weighted by molar-refractivity contribution is -0.120. The molecule has 5 nitrogen and oxygen atoms in total. The molecule has 1 aliphatic rings. The normalized spacial score (nSPS) is 16.8. The van der Waals surface area contributed by atoms with Gasteiger partial charge in [-0.25, -0.2) is 8.42 Å². The topological polar surface area (TPSA) is 63.7 Å². The van der Waals surface area contributed by atoms with E-state index in [2.05, 4.69) is 0 Å². The van der Waals surface area contributed by atoms with Gasteiger partial charge in [-0.05, 0) is 43.2 Å². The third-order valence-electron chi connectivity index (χ3n) is 4.07. The Morgan fingerprint density at radius 2 is 1.96 bits per heavy atom. The molecule has 1 unspecified atom stereocenters. The van der Waals surface area contributed by atoms with Gasteiger partial charge in [0, 0.05) is 18.0 Å². The largest absolute Gasteiger partial charge is 0.484 e. The molecule has 0 saturated heterocycles. The Bertz CT molecular complexity index is 876. The van der Waals surface area contributed by atoms with Crippen LogP contribution in [0.4, 0.5) is 5.69 Å². The summed E-state index contributed by atoms with van der Waals surface area (Å²) in [4.78, 5) is 14.5. The number of hydrogen-bond acceptors (Lipinski definition) is 4. The SMILES string of the molecule is CC1Cc2ccccc2N1C(=O)COc1cccc(S(C)(=O)=O)c1. The van der Waals surface area contributed by atoms with Crippen LogP contribution in [0.25, 0.3) is 0 Å². The zero-order valence-corrected chi connectivity index (χ0v) is 14.4. The van der Waals surface area contributed by atoms with Gasteiger partial charge in [-0.15, -0.1) is 0 Å². The molecule has 1 heterocycles. The summed E-state index contributed by atoms with van der Waals surface area (Å²) in [5.41, 5.74) is 2.07. The predicted molar refractivity (Wildman–Crippen MR) is 92.1 cm³/mol. The van der Waals surface area contributed by atoms with Crippen molar-refractivity contribution in [2.45, 2.75) is 24.3 Å². The molecule has 0 spiro atoms. The summed E-state index contributed by atoms with van der Waals surface area (Å²) < 4.78 is 28.7. The summed E-state index contributed by atoms with van der Waals surface area (Å²) in [5, 5.41) is 0. The summed E-state index contributed by atoms with van der Waals surface area (Å²) in [5.74, 6) is 0.226. The second kappa shape index (κ2) is 6.28. The number of benzene rings is 2. The first-order chi connectivity index (χ1) is 11.4. The fraction of sp³-hybridized carbons (Fsp3) is 0.278. The van der Waals surface area contributed by atoms with Crippen molar-refractivity contribution in [3.8, 4) is 5.75 Å². The molecule has 2 aromatic carbocycles. The minimum atomic E-state index is -3.30. The first kappa shape index (κ1) is 16.5. The number of nitrogens with zero attached hydrogens (tertiary/aromatic N) is 1. The van der Waals surface area contributed by atoms with Gasteiger partial charge in [0.15, 0.2) is 16.4 Å². The van der Waals surface area contributed by atoms with Gasteiger partial charge in [-0.2, -0.15) is 0 Å². The molecule has 0 aromatic heterocycles. The van der Waals surface area contributed by atoms with Crippen molar-refractivity contribution in [1.82, 2.24) is 0 Å². The van der Waals surface area contributed by atoms with E-state index >= 15 is 0 Å². The van der Waals surface area contributed by atoms with Crippen molar-refractivity contribution in [1.29, 1.82) is 0 Å². The van der Waals surface area contributed by atoms with Crippen molar-refractivity contribution in [3.05, 3.63) is 54.1 Å². The summed E-state index contributed by atoms with van der Waals surface area (Å²) in [6.45, 7) is 1.87.